The number of rotatable bonds is 2. The molecule has 19 heavy (non-hydrogen) atoms. The normalized spacial score (nSPS) is 18.2. The van der Waals surface area contributed by atoms with Crippen molar-refractivity contribution >= 4 is 0 Å². The van der Waals surface area contributed by atoms with Crippen LogP contribution in [0.3, 0.4) is 0 Å². The van der Waals surface area contributed by atoms with Gasteiger partial charge >= 0.3 is 0 Å². The summed E-state index contributed by atoms with van der Waals surface area (Å²) in [6, 6.07) is 9.62. The molecule has 1 aliphatic heterocycles. The quantitative estimate of drug-likeness (QED) is 0.894. The molecule has 1 aromatic heterocycles. The molecule has 4 heteroatoms. The number of benzene rings is 1. The summed E-state index contributed by atoms with van der Waals surface area (Å²) >= 11 is 0. The van der Waals surface area contributed by atoms with Crippen LogP contribution >= 0.6 is 0 Å². The minimum absolute atomic E-state index is 0.611. The Hall–Kier alpha value is -1.78. The maximum absolute atomic E-state index is 10.6. The molecule has 2 aromatic rings. The summed E-state index contributed by atoms with van der Waals surface area (Å²) in [6.45, 7) is 1.22. The van der Waals surface area contributed by atoms with Gasteiger partial charge in [0.05, 0.1) is 5.60 Å². The molecule has 1 N–H and O–H groups in total. The molecule has 0 spiro atoms. The molecule has 1 aromatic carbocycles. The molecule has 0 unspecified atom stereocenters. The second kappa shape index (κ2) is 5.07. The fourth-order valence-electron chi connectivity index (χ4n) is 2.38. The first-order valence-electron chi connectivity index (χ1n) is 6.46. The second-order valence-electron chi connectivity index (χ2n) is 4.79. The van der Waals surface area contributed by atoms with Crippen LogP contribution in [0.4, 0.5) is 0 Å². The van der Waals surface area contributed by atoms with Gasteiger partial charge < -0.3 is 9.84 Å². The third-order valence-corrected chi connectivity index (χ3v) is 3.57. The van der Waals surface area contributed by atoms with Gasteiger partial charge in [-0.25, -0.2) is 9.97 Å². The zero-order valence-corrected chi connectivity index (χ0v) is 10.6. The highest BCUT2D eigenvalue weighted by Crippen LogP contribution is 2.32. The highest BCUT2D eigenvalue weighted by molar-refractivity contribution is 5.55. The number of nitrogens with zero attached hydrogens (tertiary/aromatic N) is 2. The van der Waals surface area contributed by atoms with E-state index in [4.69, 9.17) is 4.74 Å². The van der Waals surface area contributed by atoms with Crippen molar-refractivity contribution in [2.75, 3.05) is 13.2 Å². The van der Waals surface area contributed by atoms with Gasteiger partial charge in [0.1, 0.15) is 0 Å². The summed E-state index contributed by atoms with van der Waals surface area (Å²) in [6.07, 6.45) is 4.74. The maximum Gasteiger partial charge on any atom is 0.159 e. The number of aliphatic hydroxyl groups is 1. The van der Waals surface area contributed by atoms with Gasteiger partial charge in [-0.1, -0.05) is 24.3 Å². The summed E-state index contributed by atoms with van der Waals surface area (Å²) < 4.78 is 5.30. The number of hydrogen-bond donors (Lipinski definition) is 1. The number of aromatic nitrogens is 2. The first kappa shape index (κ1) is 12.3. The zero-order valence-electron chi connectivity index (χ0n) is 10.6. The van der Waals surface area contributed by atoms with Crippen LogP contribution in [0.5, 0.6) is 0 Å². The fraction of sp³-hybridized carbons (Fsp3) is 0.333. The molecule has 0 amide bonds. The van der Waals surface area contributed by atoms with E-state index < -0.39 is 5.60 Å². The van der Waals surface area contributed by atoms with Crippen LogP contribution in [0, 0.1) is 0 Å². The Labute approximate surface area is 112 Å². The van der Waals surface area contributed by atoms with Crippen LogP contribution in [0.1, 0.15) is 18.4 Å². The maximum atomic E-state index is 10.6. The Morgan fingerprint density at radius 3 is 2.26 bits per heavy atom. The van der Waals surface area contributed by atoms with Crippen LogP contribution in [-0.2, 0) is 10.3 Å². The second-order valence-corrected chi connectivity index (χ2v) is 4.79. The van der Waals surface area contributed by atoms with E-state index >= 15 is 0 Å². The lowest BCUT2D eigenvalue weighted by atomic mass is 9.86. The largest absolute Gasteiger partial charge is 0.385 e. The molecule has 4 nitrogen and oxygen atoms in total. The Morgan fingerprint density at radius 2 is 1.63 bits per heavy atom. The van der Waals surface area contributed by atoms with E-state index in [-0.39, 0.29) is 0 Å². The van der Waals surface area contributed by atoms with E-state index in [1.807, 2.05) is 24.3 Å². The minimum atomic E-state index is -0.756. The van der Waals surface area contributed by atoms with E-state index in [0.29, 0.717) is 31.9 Å². The van der Waals surface area contributed by atoms with Crippen molar-refractivity contribution in [1.82, 2.24) is 9.97 Å². The van der Waals surface area contributed by atoms with Gasteiger partial charge in [0.15, 0.2) is 5.82 Å². The van der Waals surface area contributed by atoms with Gasteiger partial charge in [0.2, 0.25) is 0 Å². The van der Waals surface area contributed by atoms with Crippen molar-refractivity contribution in [1.29, 1.82) is 0 Å². The van der Waals surface area contributed by atoms with Gasteiger partial charge in [0.25, 0.3) is 0 Å². The van der Waals surface area contributed by atoms with Gasteiger partial charge in [-0.05, 0) is 11.6 Å². The van der Waals surface area contributed by atoms with E-state index in [9.17, 15) is 5.11 Å². The molecule has 0 atom stereocenters. The molecule has 98 valence electrons. The van der Waals surface area contributed by atoms with Crippen molar-refractivity contribution in [3.63, 3.8) is 0 Å². The Morgan fingerprint density at radius 1 is 1.00 bits per heavy atom. The van der Waals surface area contributed by atoms with E-state index in [1.54, 1.807) is 18.5 Å². The molecule has 2 heterocycles. The van der Waals surface area contributed by atoms with Gasteiger partial charge in [-0.15, -0.1) is 0 Å². The van der Waals surface area contributed by atoms with Gasteiger partial charge in [-0.3, -0.25) is 0 Å². The molecule has 1 saturated heterocycles. The summed E-state index contributed by atoms with van der Waals surface area (Å²) in [5.41, 5.74) is 1.14. The third-order valence-electron chi connectivity index (χ3n) is 3.57. The zero-order chi connectivity index (χ0) is 13.1. The topological polar surface area (TPSA) is 55.2 Å². The standard InChI is InChI=1S/C15H16N2O2/c18-15(6-10-19-11-7-15)13-4-2-12(3-5-13)14-16-8-1-9-17-14/h1-5,8-9,18H,6-7,10-11H2. The Bertz CT molecular complexity index is 534. The van der Waals surface area contributed by atoms with Crippen molar-refractivity contribution in [2.24, 2.45) is 0 Å². The number of ether oxygens (including phenoxy) is 1. The van der Waals surface area contributed by atoms with E-state index in [0.717, 1.165) is 11.1 Å². The molecule has 0 bridgehead atoms. The number of hydrogen-bond acceptors (Lipinski definition) is 4. The molecule has 3 rings (SSSR count). The highest BCUT2D eigenvalue weighted by atomic mass is 16.5. The van der Waals surface area contributed by atoms with Crippen LogP contribution in [0.25, 0.3) is 11.4 Å². The van der Waals surface area contributed by atoms with Crippen molar-refractivity contribution < 1.29 is 9.84 Å². The summed E-state index contributed by atoms with van der Waals surface area (Å²) in [5.74, 6) is 0.702. The van der Waals surface area contributed by atoms with Gasteiger partial charge in [0, 0.05) is 44.0 Å². The molecular formula is C15H16N2O2. The smallest absolute Gasteiger partial charge is 0.159 e. The SMILES string of the molecule is OC1(c2ccc(-c3ncccn3)cc2)CCOCC1. The van der Waals surface area contributed by atoms with Gasteiger partial charge in [-0.2, -0.15) is 0 Å². The van der Waals surface area contributed by atoms with Crippen LogP contribution in [0.15, 0.2) is 42.7 Å². The third kappa shape index (κ3) is 2.50. The van der Waals surface area contributed by atoms with Crippen LogP contribution in [-0.4, -0.2) is 28.3 Å². The molecule has 1 aliphatic rings. The van der Waals surface area contributed by atoms with Crippen molar-refractivity contribution in [3.8, 4) is 11.4 Å². The van der Waals surface area contributed by atoms with Crippen LogP contribution in [0.2, 0.25) is 0 Å². The molecule has 0 aliphatic carbocycles. The van der Waals surface area contributed by atoms with Crippen molar-refractivity contribution in [2.45, 2.75) is 18.4 Å². The summed E-state index contributed by atoms with van der Waals surface area (Å²) in [7, 11) is 0. The average molecular weight is 256 g/mol. The lowest BCUT2D eigenvalue weighted by molar-refractivity contribution is -0.0679. The molecular weight excluding hydrogens is 240 g/mol. The Balaban J connectivity index is 1.87. The predicted molar refractivity (Wildman–Crippen MR) is 71.4 cm³/mol. The average Bonchev–Trinajstić information content (AvgIpc) is 2.49. The predicted octanol–water partition coefficient (Wildman–Crippen LogP) is 2.14. The lowest BCUT2D eigenvalue weighted by Gasteiger charge is -2.32. The minimum Gasteiger partial charge on any atom is -0.385 e. The van der Waals surface area contributed by atoms with E-state index in [2.05, 4.69) is 9.97 Å². The van der Waals surface area contributed by atoms with Crippen molar-refractivity contribution in [3.05, 3.63) is 48.3 Å². The monoisotopic (exact) mass is 256 g/mol. The molecule has 0 saturated carbocycles. The van der Waals surface area contributed by atoms with E-state index in [1.165, 1.54) is 0 Å². The highest BCUT2D eigenvalue weighted by Gasteiger charge is 2.31. The lowest BCUT2D eigenvalue weighted by Crippen LogP contribution is -2.33. The fourth-order valence-corrected chi connectivity index (χ4v) is 2.38. The molecule has 1 fully saturated rings. The summed E-state index contributed by atoms with van der Waals surface area (Å²) in [4.78, 5) is 8.43. The van der Waals surface area contributed by atoms with Crippen LogP contribution < -0.4 is 0 Å². The first-order valence-corrected chi connectivity index (χ1v) is 6.46. The molecule has 0 radical (unpaired) electrons. The Kier molecular flexibility index (Phi) is 3.27. The first-order chi connectivity index (χ1) is 9.28. The summed E-state index contributed by atoms with van der Waals surface area (Å²) in [5, 5.41) is 10.6.